The Hall–Kier alpha value is -1.26. The number of ether oxygens (including phenoxy) is 1. The molecular weight excluding hydrogens is 300 g/mol. The van der Waals surface area contributed by atoms with Crippen LogP contribution in [0.3, 0.4) is 0 Å². The second kappa shape index (κ2) is 9.01. The number of carbonyl (C=O) groups excluding carboxylic acids is 1. The number of hydrogen-bond donors (Lipinski definition) is 2. The Kier molecular flexibility index (Phi) is 7.69. The smallest absolute Gasteiger partial charge is 0.220 e. The third kappa shape index (κ3) is 5.18. The molecule has 0 radical (unpaired) electrons. The van der Waals surface area contributed by atoms with Gasteiger partial charge in [0, 0.05) is 13.0 Å². The summed E-state index contributed by atoms with van der Waals surface area (Å²) in [7, 11) is 1.64. The lowest BCUT2D eigenvalue weighted by Gasteiger charge is -2.35. The van der Waals surface area contributed by atoms with Crippen LogP contribution in [0.4, 0.5) is 0 Å². The van der Waals surface area contributed by atoms with Crippen LogP contribution in [-0.2, 0) is 11.3 Å². The molecule has 124 valence electrons. The van der Waals surface area contributed by atoms with Gasteiger partial charge in [-0.1, -0.05) is 31.4 Å². The zero-order valence-corrected chi connectivity index (χ0v) is 14.1. The number of amides is 1. The van der Waals surface area contributed by atoms with E-state index in [2.05, 4.69) is 5.32 Å². The Bertz CT molecular complexity index is 473. The third-order valence-corrected chi connectivity index (χ3v) is 4.51. The van der Waals surface area contributed by atoms with Gasteiger partial charge in [0.05, 0.1) is 7.11 Å². The summed E-state index contributed by atoms with van der Waals surface area (Å²) in [5.74, 6) is 0.914. The van der Waals surface area contributed by atoms with Crippen LogP contribution in [0, 0.1) is 5.41 Å². The van der Waals surface area contributed by atoms with Crippen molar-refractivity contribution in [2.45, 2.75) is 45.1 Å². The molecule has 1 saturated carbocycles. The highest BCUT2D eigenvalue weighted by atomic mass is 35.5. The Morgan fingerprint density at radius 1 is 1.32 bits per heavy atom. The van der Waals surface area contributed by atoms with Crippen molar-refractivity contribution in [3.05, 3.63) is 29.8 Å². The lowest BCUT2D eigenvalue weighted by atomic mass is 9.71. The second-order valence-electron chi connectivity index (χ2n) is 6.07. The summed E-state index contributed by atoms with van der Waals surface area (Å²) in [6, 6.07) is 7.77. The summed E-state index contributed by atoms with van der Waals surface area (Å²) in [6.45, 7) is 1.15. The number of nitrogens with two attached hydrogens (primary N) is 1. The molecule has 0 unspecified atom stereocenters. The summed E-state index contributed by atoms with van der Waals surface area (Å²) in [6.07, 6.45) is 6.37. The minimum atomic E-state index is 0. The van der Waals surface area contributed by atoms with Gasteiger partial charge in [-0.25, -0.2) is 0 Å². The minimum absolute atomic E-state index is 0. The van der Waals surface area contributed by atoms with Crippen LogP contribution in [0.1, 0.15) is 44.1 Å². The first kappa shape index (κ1) is 18.8. The van der Waals surface area contributed by atoms with Crippen LogP contribution in [0.25, 0.3) is 0 Å². The summed E-state index contributed by atoms with van der Waals surface area (Å²) in [5, 5.41) is 3.01. The van der Waals surface area contributed by atoms with E-state index in [1.54, 1.807) is 7.11 Å². The van der Waals surface area contributed by atoms with Gasteiger partial charge in [-0.05, 0) is 42.5 Å². The van der Waals surface area contributed by atoms with Crippen LogP contribution >= 0.6 is 12.4 Å². The monoisotopic (exact) mass is 326 g/mol. The molecule has 0 heterocycles. The van der Waals surface area contributed by atoms with Crippen LogP contribution in [0.2, 0.25) is 0 Å². The van der Waals surface area contributed by atoms with Gasteiger partial charge < -0.3 is 15.8 Å². The standard InChI is InChI=1S/C17H26N2O2.ClH/c1-21-15-7-5-6-14(10-15)12-19-16(20)11-17(13-18)8-3-2-4-9-17;/h5-7,10H,2-4,8-9,11-13,18H2,1H3,(H,19,20);1H. The van der Waals surface area contributed by atoms with Crippen molar-refractivity contribution >= 4 is 18.3 Å². The highest BCUT2D eigenvalue weighted by molar-refractivity contribution is 5.85. The van der Waals surface area contributed by atoms with Gasteiger partial charge in [-0.3, -0.25) is 4.79 Å². The summed E-state index contributed by atoms with van der Waals surface area (Å²) >= 11 is 0. The van der Waals surface area contributed by atoms with Crippen molar-refractivity contribution < 1.29 is 9.53 Å². The molecule has 1 aromatic carbocycles. The third-order valence-electron chi connectivity index (χ3n) is 4.51. The van der Waals surface area contributed by atoms with Crippen LogP contribution in [0.15, 0.2) is 24.3 Å². The van der Waals surface area contributed by atoms with E-state index < -0.39 is 0 Å². The average Bonchev–Trinajstić information content (AvgIpc) is 2.54. The zero-order chi connectivity index (χ0) is 15.1. The number of rotatable bonds is 6. The number of halogens is 1. The molecule has 0 bridgehead atoms. The van der Waals surface area contributed by atoms with Crippen LogP contribution in [-0.4, -0.2) is 19.6 Å². The highest BCUT2D eigenvalue weighted by Crippen LogP contribution is 2.38. The predicted molar refractivity (Wildman–Crippen MR) is 91.3 cm³/mol. The normalized spacial score (nSPS) is 16.5. The molecule has 2 rings (SSSR count). The largest absolute Gasteiger partial charge is 0.497 e. The molecule has 22 heavy (non-hydrogen) atoms. The maximum atomic E-state index is 12.2. The fourth-order valence-electron chi connectivity index (χ4n) is 3.14. The van der Waals surface area contributed by atoms with Crippen molar-refractivity contribution in [1.82, 2.24) is 5.32 Å². The van der Waals surface area contributed by atoms with Gasteiger partial charge in [-0.2, -0.15) is 0 Å². The van der Waals surface area contributed by atoms with Gasteiger partial charge >= 0.3 is 0 Å². The predicted octanol–water partition coefficient (Wildman–Crippen LogP) is 3.03. The number of hydrogen-bond acceptors (Lipinski definition) is 3. The summed E-state index contributed by atoms with van der Waals surface area (Å²) < 4.78 is 5.19. The van der Waals surface area contributed by atoms with E-state index in [1.807, 2.05) is 24.3 Å². The fourth-order valence-corrected chi connectivity index (χ4v) is 3.14. The Morgan fingerprint density at radius 2 is 2.05 bits per heavy atom. The van der Waals surface area contributed by atoms with Gasteiger partial charge in [0.1, 0.15) is 5.75 Å². The van der Waals surface area contributed by atoms with Crippen molar-refractivity contribution in [2.75, 3.05) is 13.7 Å². The zero-order valence-electron chi connectivity index (χ0n) is 13.3. The molecule has 0 aliphatic heterocycles. The average molecular weight is 327 g/mol. The molecular formula is C17H27ClN2O2. The van der Waals surface area contributed by atoms with Crippen LogP contribution in [0.5, 0.6) is 5.75 Å². The minimum Gasteiger partial charge on any atom is -0.497 e. The fraction of sp³-hybridized carbons (Fsp3) is 0.588. The SMILES string of the molecule is COc1cccc(CNC(=O)CC2(CN)CCCCC2)c1.Cl. The maximum absolute atomic E-state index is 12.2. The van der Waals surface area contributed by atoms with E-state index in [0.29, 0.717) is 19.5 Å². The first-order valence-electron chi connectivity index (χ1n) is 7.77. The lowest BCUT2D eigenvalue weighted by Crippen LogP contribution is -2.38. The van der Waals surface area contributed by atoms with Crippen LogP contribution < -0.4 is 15.8 Å². The molecule has 1 aliphatic carbocycles. The Morgan fingerprint density at radius 3 is 2.68 bits per heavy atom. The van der Waals surface area contributed by atoms with Crippen molar-refractivity contribution in [2.24, 2.45) is 11.1 Å². The molecule has 5 heteroatoms. The van der Waals surface area contributed by atoms with Gasteiger partial charge in [-0.15, -0.1) is 12.4 Å². The topological polar surface area (TPSA) is 64.3 Å². The van der Waals surface area contributed by atoms with Crippen molar-refractivity contribution in [3.8, 4) is 5.75 Å². The number of benzene rings is 1. The van der Waals surface area contributed by atoms with E-state index >= 15 is 0 Å². The number of carbonyl (C=O) groups is 1. The van der Waals surface area contributed by atoms with Crippen molar-refractivity contribution in [1.29, 1.82) is 0 Å². The van der Waals surface area contributed by atoms with E-state index in [9.17, 15) is 4.79 Å². The summed E-state index contributed by atoms with van der Waals surface area (Å²) in [5.41, 5.74) is 7.01. The highest BCUT2D eigenvalue weighted by Gasteiger charge is 2.32. The van der Waals surface area contributed by atoms with Crippen molar-refractivity contribution in [3.63, 3.8) is 0 Å². The molecule has 4 nitrogen and oxygen atoms in total. The lowest BCUT2D eigenvalue weighted by molar-refractivity contribution is -0.124. The first-order valence-corrected chi connectivity index (χ1v) is 7.77. The summed E-state index contributed by atoms with van der Waals surface area (Å²) in [4.78, 5) is 12.2. The molecule has 0 saturated heterocycles. The quantitative estimate of drug-likeness (QED) is 0.844. The van der Waals surface area contributed by atoms with E-state index in [-0.39, 0.29) is 23.7 Å². The first-order chi connectivity index (χ1) is 10.2. The van der Waals surface area contributed by atoms with E-state index in [1.165, 1.54) is 19.3 Å². The Balaban J connectivity index is 0.00000242. The van der Waals surface area contributed by atoms with E-state index in [4.69, 9.17) is 10.5 Å². The number of methoxy groups -OCH3 is 1. The molecule has 3 N–H and O–H groups in total. The van der Waals surface area contributed by atoms with E-state index in [0.717, 1.165) is 24.2 Å². The van der Waals surface area contributed by atoms with Gasteiger partial charge in [0.2, 0.25) is 5.91 Å². The molecule has 1 aromatic rings. The molecule has 1 fully saturated rings. The Labute approximate surface area is 139 Å². The second-order valence-corrected chi connectivity index (χ2v) is 6.07. The molecule has 1 aliphatic rings. The van der Waals surface area contributed by atoms with Gasteiger partial charge in [0.15, 0.2) is 0 Å². The maximum Gasteiger partial charge on any atom is 0.220 e. The van der Waals surface area contributed by atoms with Gasteiger partial charge in [0.25, 0.3) is 0 Å². The molecule has 0 atom stereocenters. The number of nitrogens with one attached hydrogen (secondary N) is 1. The molecule has 1 amide bonds. The molecule has 0 aromatic heterocycles. The molecule has 0 spiro atoms.